The van der Waals surface area contributed by atoms with E-state index in [2.05, 4.69) is 16.0 Å². The molecule has 0 saturated heterocycles. The van der Waals surface area contributed by atoms with Crippen molar-refractivity contribution in [2.24, 2.45) is 0 Å². The van der Waals surface area contributed by atoms with E-state index in [1.807, 2.05) is 37.3 Å². The van der Waals surface area contributed by atoms with Gasteiger partial charge < -0.3 is 0 Å². The number of amides is 2. The van der Waals surface area contributed by atoms with E-state index in [1.54, 1.807) is 24.3 Å². The van der Waals surface area contributed by atoms with Crippen LogP contribution in [0.4, 0.5) is 0 Å². The van der Waals surface area contributed by atoms with Gasteiger partial charge in [0, 0.05) is 11.9 Å². The fourth-order valence-electron chi connectivity index (χ4n) is 3.59. The van der Waals surface area contributed by atoms with Crippen LogP contribution in [-0.4, -0.2) is 21.6 Å². The fraction of sp³-hybridized carbons (Fsp3) is 0.273. The lowest BCUT2D eigenvalue weighted by Crippen LogP contribution is -2.47. The van der Waals surface area contributed by atoms with Crippen molar-refractivity contribution in [2.45, 2.75) is 38.1 Å². The van der Waals surface area contributed by atoms with Gasteiger partial charge in [-0.25, -0.2) is 4.68 Å². The highest BCUT2D eigenvalue weighted by atomic mass is 16.2. The number of aryl methyl sites for hydroxylation is 1. The number of hydrazine groups is 1. The van der Waals surface area contributed by atoms with Crippen LogP contribution in [0.2, 0.25) is 0 Å². The van der Waals surface area contributed by atoms with Crippen LogP contribution in [0.1, 0.15) is 42.2 Å². The van der Waals surface area contributed by atoms with E-state index in [0.717, 1.165) is 18.4 Å². The lowest BCUT2D eigenvalue weighted by atomic mass is 9.95. The first-order valence-electron chi connectivity index (χ1n) is 9.73. The second-order valence-electron chi connectivity index (χ2n) is 7.28. The number of nitrogens with one attached hydrogen (secondary N) is 2. The number of carbonyl (C=O) groups excluding carboxylic acids is 2. The van der Waals surface area contributed by atoms with Gasteiger partial charge in [-0.2, -0.15) is 5.10 Å². The summed E-state index contributed by atoms with van der Waals surface area (Å²) in [5, 5.41) is 5.13. The molecule has 2 aromatic carbocycles. The number of nitrogens with zero attached hydrogens (tertiary/aromatic N) is 2. The molecule has 2 N–H and O–H groups in total. The Bertz CT molecular complexity index is 1130. The second-order valence-corrected chi connectivity index (χ2v) is 7.28. The van der Waals surface area contributed by atoms with Gasteiger partial charge in [-0.1, -0.05) is 55.5 Å². The Labute approximate surface area is 167 Å². The molecule has 1 aromatic heterocycles. The molecular weight excluding hydrogens is 368 g/mol. The number of rotatable bonds is 5. The average Bonchev–Trinajstić information content (AvgIpc) is 3.57. The summed E-state index contributed by atoms with van der Waals surface area (Å²) in [6, 6.07) is 16.4. The summed E-state index contributed by atoms with van der Waals surface area (Å²) >= 11 is 0. The summed E-state index contributed by atoms with van der Waals surface area (Å²) in [7, 11) is 0. The van der Waals surface area contributed by atoms with Crippen molar-refractivity contribution in [1.82, 2.24) is 20.6 Å². The van der Waals surface area contributed by atoms with Gasteiger partial charge in [0.05, 0.1) is 10.8 Å². The largest absolute Gasteiger partial charge is 0.290 e. The topological polar surface area (TPSA) is 93.1 Å². The molecule has 0 atom stereocenters. The van der Waals surface area contributed by atoms with E-state index in [4.69, 9.17) is 0 Å². The molecule has 3 aromatic rings. The van der Waals surface area contributed by atoms with Crippen LogP contribution in [0.3, 0.4) is 0 Å². The summed E-state index contributed by atoms with van der Waals surface area (Å²) in [6.07, 6.45) is 2.19. The normalized spacial score (nSPS) is 14.4. The van der Waals surface area contributed by atoms with E-state index in [0.29, 0.717) is 23.7 Å². The highest BCUT2D eigenvalue weighted by molar-refractivity contribution is 6.05. The third-order valence-corrected chi connectivity index (χ3v) is 5.32. The molecule has 0 aliphatic heterocycles. The molecule has 0 radical (unpaired) electrons. The maximum absolute atomic E-state index is 12.8. The number of benzene rings is 2. The zero-order chi connectivity index (χ0) is 20.4. The van der Waals surface area contributed by atoms with Gasteiger partial charge in [0.2, 0.25) is 5.91 Å². The molecule has 2 amide bonds. The van der Waals surface area contributed by atoms with Crippen LogP contribution >= 0.6 is 0 Å². The van der Waals surface area contributed by atoms with E-state index in [1.165, 1.54) is 4.68 Å². The van der Waals surface area contributed by atoms with Crippen molar-refractivity contribution < 1.29 is 9.59 Å². The molecule has 0 spiro atoms. The molecule has 1 aliphatic carbocycles. The minimum absolute atomic E-state index is 0.110. The number of hydrogen-bond donors (Lipinski definition) is 2. The molecule has 4 rings (SSSR count). The first-order chi connectivity index (χ1) is 14.1. The third kappa shape index (κ3) is 3.40. The van der Waals surface area contributed by atoms with Gasteiger partial charge in [0.1, 0.15) is 0 Å². The lowest BCUT2D eigenvalue weighted by molar-refractivity contribution is -0.124. The Balaban J connectivity index is 1.58. The molecule has 0 unspecified atom stereocenters. The van der Waals surface area contributed by atoms with Crippen LogP contribution in [-0.2, 0) is 16.8 Å². The average molecular weight is 390 g/mol. The third-order valence-electron chi connectivity index (χ3n) is 5.32. The van der Waals surface area contributed by atoms with E-state index in [9.17, 15) is 14.4 Å². The molecule has 29 heavy (non-hydrogen) atoms. The summed E-state index contributed by atoms with van der Waals surface area (Å²) in [5.74, 6) is -0.800. The molecule has 1 fully saturated rings. The van der Waals surface area contributed by atoms with Gasteiger partial charge in [0.15, 0.2) is 5.69 Å². The number of fused-ring (bicyclic) bond motifs is 1. The van der Waals surface area contributed by atoms with E-state index >= 15 is 0 Å². The molecule has 1 aliphatic rings. The maximum Gasteiger partial charge on any atom is 0.290 e. The predicted molar refractivity (Wildman–Crippen MR) is 109 cm³/mol. The van der Waals surface area contributed by atoms with Gasteiger partial charge >= 0.3 is 0 Å². The molecule has 148 valence electrons. The molecule has 7 heteroatoms. The Morgan fingerprint density at radius 1 is 1.00 bits per heavy atom. The molecule has 7 nitrogen and oxygen atoms in total. The van der Waals surface area contributed by atoms with Crippen LogP contribution in [0.5, 0.6) is 0 Å². The first kappa shape index (κ1) is 18.9. The van der Waals surface area contributed by atoms with Crippen molar-refractivity contribution in [2.75, 3.05) is 0 Å². The second kappa shape index (κ2) is 7.50. The summed E-state index contributed by atoms with van der Waals surface area (Å²) in [6.45, 7) is 2.34. The number of hydrogen-bond acceptors (Lipinski definition) is 4. The van der Waals surface area contributed by atoms with Gasteiger partial charge in [-0.3, -0.25) is 25.2 Å². The van der Waals surface area contributed by atoms with Crippen LogP contribution < -0.4 is 16.4 Å². The standard InChI is InChI=1S/C22H22N4O3/c1-2-14-26-20(28)17-11-7-6-10-16(17)18(25-26)19(27)23-24-21(29)22(12-13-22)15-8-4-3-5-9-15/h3-11H,2,12-14H2,1H3,(H,23,27)(H,24,29). The lowest BCUT2D eigenvalue weighted by Gasteiger charge is -2.16. The summed E-state index contributed by atoms with van der Waals surface area (Å²) in [5.41, 5.74) is 5.25. The fourth-order valence-corrected chi connectivity index (χ4v) is 3.59. The predicted octanol–water partition coefficient (Wildman–Crippen LogP) is 2.30. The monoisotopic (exact) mass is 390 g/mol. The van der Waals surface area contributed by atoms with Crippen molar-refractivity contribution >= 4 is 22.6 Å². The van der Waals surface area contributed by atoms with Crippen LogP contribution in [0.15, 0.2) is 59.4 Å². The first-order valence-corrected chi connectivity index (χ1v) is 9.73. The Morgan fingerprint density at radius 2 is 1.66 bits per heavy atom. The Hall–Kier alpha value is -3.48. The molecule has 1 saturated carbocycles. The molecule has 0 bridgehead atoms. The Morgan fingerprint density at radius 3 is 2.31 bits per heavy atom. The van der Waals surface area contributed by atoms with Gasteiger partial charge in [-0.15, -0.1) is 0 Å². The van der Waals surface area contributed by atoms with Crippen LogP contribution in [0, 0.1) is 0 Å². The zero-order valence-corrected chi connectivity index (χ0v) is 16.1. The molecule has 1 heterocycles. The minimum atomic E-state index is -0.592. The van der Waals surface area contributed by atoms with E-state index in [-0.39, 0.29) is 17.2 Å². The van der Waals surface area contributed by atoms with Crippen LogP contribution in [0.25, 0.3) is 10.8 Å². The maximum atomic E-state index is 12.8. The quantitative estimate of drug-likeness (QED) is 0.654. The highest BCUT2D eigenvalue weighted by Gasteiger charge is 2.51. The number of aromatic nitrogens is 2. The highest BCUT2D eigenvalue weighted by Crippen LogP contribution is 2.48. The van der Waals surface area contributed by atoms with Crippen molar-refractivity contribution in [3.63, 3.8) is 0 Å². The van der Waals surface area contributed by atoms with Gasteiger partial charge in [-0.05, 0) is 30.9 Å². The summed E-state index contributed by atoms with van der Waals surface area (Å²) < 4.78 is 1.30. The SMILES string of the molecule is CCCn1nc(C(=O)NNC(=O)C2(c3ccccc3)CC2)c2ccccc2c1=O. The number of carbonyl (C=O) groups is 2. The van der Waals surface area contributed by atoms with E-state index < -0.39 is 11.3 Å². The smallest absolute Gasteiger partial charge is 0.272 e. The van der Waals surface area contributed by atoms with Gasteiger partial charge in [0.25, 0.3) is 11.5 Å². The zero-order valence-electron chi connectivity index (χ0n) is 16.1. The Kier molecular flexibility index (Phi) is 4.88. The summed E-state index contributed by atoms with van der Waals surface area (Å²) in [4.78, 5) is 38.1. The molecular formula is C22H22N4O3. The van der Waals surface area contributed by atoms with Crippen molar-refractivity contribution in [3.8, 4) is 0 Å². The van der Waals surface area contributed by atoms with Crippen molar-refractivity contribution in [3.05, 3.63) is 76.2 Å². The minimum Gasteiger partial charge on any atom is -0.272 e. The van der Waals surface area contributed by atoms with Crippen molar-refractivity contribution in [1.29, 1.82) is 0 Å².